The van der Waals surface area contributed by atoms with Crippen LogP contribution in [0, 0.1) is 0 Å². The molecular formula is C20H23F3N2O2. The van der Waals surface area contributed by atoms with E-state index in [-0.39, 0.29) is 5.69 Å². The van der Waals surface area contributed by atoms with Crippen LogP contribution in [0.3, 0.4) is 0 Å². The lowest BCUT2D eigenvalue weighted by Gasteiger charge is -2.24. The molecular weight excluding hydrogens is 357 g/mol. The molecule has 146 valence electrons. The molecule has 1 N–H and O–H groups in total. The maximum absolute atomic E-state index is 13.2. The summed E-state index contributed by atoms with van der Waals surface area (Å²) in [6, 6.07) is 13.7. The summed E-state index contributed by atoms with van der Waals surface area (Å²) in [7, 11) is 1.60. The first-order valence-electron chi connectivity index (χ1n) is 8.67. The number of ether oxygens (including phenoxy) is 1. The van der Waals surface area contributed by atoms with Crippen molar-refractivity contribution in [1.82, 2.24) is 4.90 Å². The van der Waals surface area contributed by atoms with E-state index in [1.54, 1.807) is 7.11 Å². The second kappa shape index (κ2) is 9.97. The number of benzene rings is 2. The number of amides is 2. The van der Waals surface area contributed by atoms with Gasteiger partial charge in [0.05, 0.1) is 11.3 Å². The average molecular weight is 380 g/mol. The van der Waals surface area contributed by atoms with Gasteiger partial charge in [-0.2, -0.15) is 13.2 Å². The highest BCUT2D eigenvalue weighted by Gasteiger charge is 2.33. The number of alkyl halides is 3. The first-order valence-corrected chi connectivity index (χ1v) is 8.67. The Labute approximate surface area is 156 Å². The van der Waals surface area contributed by atoms with Crippen LogP contribution in [0.1, 0.15) is 24.0 Å². The molecule has 0 fully saturated rings. The van der Waals surface area contributed by atoms with Crippen molar-refractivity contribution in [2.75, 3.05) is 25.6 Å². The molecule has 0 saturated carbocycles. The fourth-order valence-corrected chi connectivity index (χ4v) is 2.64. The van der Waals surface area contributed by atoms with Crippen LogP contribution in [0.2, 0.25) is 0 Å². The monoisotopic (exact) mass is 380 g/mol. The van der Waals surface area contributed by atoms with Crippen LogP contribution in [-0.4, -0.2) is 31.2 Å². The molecule has 0 aliphatic heterocycles. The van der Waals surface area contributed by atoms with Crippen LogP contribution in [0.5, 0.6) is 0 Å². The van der Waals surface area contributed by atoms with E-state index >= 15 is 0 Å². The van der Waals surface area contributed by atoms with Crippen molar-refractivity contribution in [2.24, 2.45) is 0 Å². The van der Waals surface area contributed by atoms with Gasteiger partial charge in [-0.1, -0.05) is 42.5 Å². The normalized spacial score (nSPS) is 11.3. The molecule has 0 aliphatic rings. The van der Waals surface area contributed by atoms with Crippen molar-refractivity contribution in [3.63, 3.8) is 0 Å². The Hall–Kier alpha value is -2.54. The van der Waals surface area contributed by atoms with Gasteiger partial charge in [0.25, 0.3) is 0 Å². The van der Waals surface area contributed by atoms with Crippen molar-refractivity contribution >= 4 is 11.7 Å². The van der Waals surface area contributed by atoms with E-state index in [2.05, 4.69) is 5.32 Å². The molecule has 2 aromatic carbocycles. The summed E-state index contributed by atoms with van der Waals surface area (Å²) < 4.78 is 44.5. The van der Waals surface area contributed by atoms with E-state index < -0.39 is 17.8 Å². The number of hydrogen-bond donors (Lipinski definition) is 1. The van der Waals surface area contributed by atoms with Gasteiger partial charge in [0.1, 0.15) is 0 Å². The van der Waals surface area contributed by atoms with E-state index in [4.69, 9.17) is 4.74 Å². The van der Waals surface area contributed by atoms with Crippen LogP contribution >= 0.6 is 0 Å². The van der Waals surface area contributed by atoms with E-state index in [0.717, 1.165) is 18.1 Å². The summed E-state index contributed by atoms with van der Waals surface area (Å²) in [6.07, 6.45) is -3.09. The third-order valence-corrected chi connectivity index (χ3v) is 4.00. The van der Waals surface area contributed by atoms with Crippen molar-refractivity contribution in [1.29, 1.82) is 0 Å². The minimum atomic E-state index is -4.54. The average Bonchev–Trinajstić information content (AvgIpc) is 2.64. The van der Waals surface area contributed by atoms with E-state index in [1.165, 1.54) is 23.1 Å². The first-order chi connectivity index (χ1) is 12.9. The number of carbonyl (C=O) groups excluding carboxylic acids is 1. The Morgan fingerprint density at radius 1 is 1.04 bits per heavy atom. The SMILES string of the molecule is COCCCCN(Cc1ccccc1)C(=O)Nc1ccccc1C(F)(F)F. The molecule has 0 spiro atoms. The zero-order chi connectivity index (χ0) is 19.7. The molecule has 0 heterocycles. The highest BCUT2D eigenvalue weighted by Crippen LogP contribution is 2.34. The highest BCUT2D eigenvalue weighted by atomic mass is 19.4. The predicted molar refractivity (Wildman–Crippen MR) is 98.4 cm³/mol. The van der Waals surface area contributed by atoms with E-state index in [1.807, 2.05) is 30.3 Å². The summed E-state index contributed by atoms with van der Waals surface area (Å²) in [5.41, 5.74) is -0.203. The number of unbranched alkanes of at least 4 members (excludes halogenated alkanes) is 1. The van der Waals surface area contributed by atoms with Gasteiger partial charge >= 0.3 is 12.2 Å². The summed E-state index contributed by atoms with van der Waals surface area (Å²) in [4.78, 5) is 14.2. The molecule has 0 unspecified atom stereocenters. The van der Waals surface area contributed by atoms with Gasteiger partial charge in [-0.15, -0.1) is 0 Å². The van der Waals surface area contributed by atoms with Crippen molar-refractivity contribution in [3.05, 3.63) is 65.7 Å². The molecule has 2 aromatic rings. The summed E-state index contributed by atoms with van der Waals surface area (Å²) >= 11 is 0. The Morgan fingerprint density at radius 3 is 2.37 bits per heavy atom. The molecule has 0 saturated heterocycles. The van der Waals surface area contributed by atoms with Crippen LogP contribution in [0.15, 0.2) is 54.6 Å². The summed E-state index contributed by atoms with van der Waals surface area (Å²) in [5.74, 6) is 0. The molecule has 0 bridgehead atoms. The fraction of sp³-hybridized carbons (Fsp3) is 0.350. The van der Waals surface area contributed by atoms with Crippen LogP contribution in [0.4, 0.5) is 23.7 Å². The Morgan fingerprint density at radius 2 is 1.70 bits per heavy atom. The molecule has 0 atom stereocenters. The smallest absolute Gasteiger partial charge is 0.385 e. The standard InChI is InChI=1S/C20H23F3N2O2/c1-27-14-8-7-13-25(15-16-9-3-2-4-10-16)19(26)24-18-12-6-5-11-17(18)20(21,22)23/h2-6,9-12H,7-8,13-15H2,1H3,(H,24,26). The number of methoxy groups -OCH3 is 1. The molecule has 0 aromatic heterocycles. The lowest BCUT2D eigenvalue weighted by Crippen LogP contribution is -2.36. The van der Waals surface area contributed by atoms with Crippen molar-refractivity contribution in [2.45, 2.75) is 25.6 Å². The van der Waals surface area contributed by atoms with Gasteiger partial charge in [-0.05, 0) is 30.5 Å². The highest BCUT2D eigenvalue weighted by molar-refractivity contribution is 5.90. The first kappa shape index (κ1) is 20.8. The van der Waals surface area contributed by atoms with Crippen LogP contribution in [0.25, 0.3) is 0 Å². The molecule has 0 radical (unpaired) electrons. The third kappa shape index (κ3) is 6.60. The zero-order valence-electron chi connectivity index (χ0n) is 15.1. The summed E-state index contributed by atoms with van der Waals surface area (Å²) in [5, 5.41) is 2.41. The quantitative estimate of drug-likeness (QED) is 0.642. The molecule has 0 aliphatic carbocycles. The number of anilines is 1. The number of carbonyl (C=O) groups is 1. The number of hydrogen-bond acceptors (Lipinski definition) is 2. The Bertz CT molecular complexity index is 721. The lowest BCUT2D eigenvalue weighted by molar-refractivity contribution is -0.136. The van der Waals surface area contributed by atoms with E-state index in [9.17, 15) is 18.0 Å². The zero-order valence-corrected chi connectivity index (χ0v) is 15.1. The number of urea groups is 1. The number of halogens is 3. The van der Waals surface area contributed by atoms with Crippen LogP contribution in [-0.2, 0) is 17.5 Å². The maximum atomic E-state index is 13.2. The number of rotatable bonds is 8. The number of nitrogens with one attached hydrogen (secondary N) is 1. The Kier molecular flexibility index (Phi) is 7.67. The van der Waals surface area contributed by atoms with Crippen LogP contribution < -0.4 is 5.32 Å². The second-order valence-electron chi connectivity index (χ2n) is 6.08. The van der Waals surface area contributed by atoms with Crippen molar-refractivity contribution in [3.8, 4) is 0 Å². The predicted octanol–water partition coefficient (Wildman–Crippen LogP) is 5.17. The maximum Gasteiger partial charge on any atom is 0.418 e. The van der Waals surface area contributed by atoms with Gasteiger partial charge in [0.2, 0.25) is 0 Å². The van der Waals surface area contributed by atoms with Gasteiger partial charge in [-0.25, -0.2) is 4.79 Å². The minimum absolute atomic E-state index is 0.245. The lowest BCUT2D eigenvalue weighted by atomic mass is 10.1. The Balaban J connectivity index is 2.13. The molecule has 27 heavy (non-hydrogen) atoms. The topological polar surface area (TPSA) is 41.6 Å². The molecule has 2 amide bonds. The minimum Gasteiger partial charge on any atom is -0.385 e. The van der Waals surface area contributed by atoms with Gasteiger partial charge < -0.3 is 15.0 Å². The fourth-order valence-electron chi connectivity index (χ4n) is 2.64. The molecule has 2 rings (SSSR count). The number of nitrogens with zero attached hydrogens (tertiary/aromatic N) is 1. The third-order valence-electron chi connectivity index (χ3n) is 4.00. The molecule has 7 heteroatoms. The van der Waals surface area contributed by atoms with Gasteiger partial charge in [-0.3, -0.25) is 0 Å². The number of para-hydroxylation sites is 1. The van der Waals surface area contributed by atoms with Crippen molar-refractivity contribution < 1.29 is 22.7 Å². The van der Waals surface area contributed by atoms with Gasteiger partial charge in [0.15, 0.2) is 0 Å². The molecule has 4 nitrogen and oxygen atoms in total. The second-order valence-corrected chi connectivity index (χ2v) is 6.08. The van der Waals surface area contributed by atoms with E-state index in [0.29, 0.717) is 26.1 Å². The largest absolute Gasteiger partial charge is 0.418 e. The van der Waals surface area contributed by atoms with Gasteiger partial charge in [0, 0.05) is 26.8 Å². The summed E-state index contributed by atoms with van der Waals surface area (Å²) in [6.45, 7) is 1.30.